The molecule has 0 aliphatic carbocycles. The molecule has 3 aromatic heterocycles. The number of rotatable bonds is 9. The van der Waals surface area contributed by atoms with Crippen LogP contribution in [0.4, 0.5) is 16.2 Å². The Bertz CT molecular complexity index is 1730. The number of alkyl halides is 1. The molecule has 0 atom stereocenters. The van der Waals surface area contributed by atoms with Crippen LogP contribution in [0, 0.1) is 35.0 Å². The number of hydrogen-bond acceptors (Lipinski definition) is 9. The molecular weight excluding hydrogens is 573 g/mol. The van der Waals surface area contributed by atoms with Crippen molar-refractivity contribution in [3.63, 3.8) is 0 Å². The van der Waals surface area contributed by atoms with Gasteiger partial charge in [-0.2, -0.15) is 15.5 Å². The fourth-order valence-corrected chi connectivity index (χ4v) is 7.46. The summed E-state index contributed by atoms with van der Waals surface area (Å²) in [6, 6.07) is 13.5. The summed E-state index contributed by atoms with van der Waals surface area (Å²) < 4.78 is 15.5. The van der Waals surface area contributed by atoms with Gasteiger partial charge in [-0.15, -0.1) is 11.3 Å². The summed E-state index contributed by atoms with van der Waals surface area (Å²) in [4.78, 5) is 15.5. The third kappa shape index (κ3) is 6.10. The number of anilines is 2. The molecule has 9 nitrogen and oxygen atoms in total. The fraction of sp³-hybridized carbons (Fsp3) is 0.515. The number of piperidine rings is 2. The summed E-state index contributed by atoms with van der Waals surface area (Å²) in [7, 11) is 1.80. The van der Waals surface area contributed by atoms with Gasteiger partial charge in [-0.25, -0.2) is 9.37 Å². The molecule has 0 bridgehead atoms. The molecule has 0 saturated carbocycles. The van der Waals surface area contributed by atoms with Gasteiger partial charge < -0.3 is 20.1 Å². The SMILES string of the molecule is CNc1nc(NC2CCN(Cc3ccc4c(cc(C#N)n4CCN4CCC(C)(C#N)CC4)c3C)CC2)c2cc(CF)sc2n1. The molecule has 1 aromatic carbocycles. The Kier molecular flexibility index (Phi) is 8.73. The van der Waals surface area contributed by atoms with Gasteiger partial charge in [0.05, 0.1) is 16.9 Å². The Morgan fingerprint density at radius 2 is 1.82 bits per heavy atom. The highest BCUT2D eigenvalue weighted by Gasteiger charge is 2.30. The molecule has 2 aliphatic rings. The van der Waals surface area contributed by atoms with Crippen LogP contribution < -0.4 is 10.6 Å². The van der Waals surface area contributed by atoms with Gasteiger partial charge >= 0.3 is 0 Å². The van der Waals surface area contributed by atoms with E-state index in [-0.39, 0.29) is 11.5 Å². The van der Waals surface area contributed by atoms with Crippen molar-refractivity contribution in [2.45, 2.75) is 65.3 Å². The molecule has 0 spiro atoms. The Morgan fingerprint density at radius 3 is 2.50 bits per heavy atom. The van der Waals surface area contributed by atoms with Gasteiger partial charge in [-0.1, -0.05) is 6.07 Å². The maximum atomic E-state index is 13.3. The third-order valence-electron chi connectivity index (χ3n) is 9.57. The third-order valence-corrected chi connectivity index (χ3v) is 10.6. The van der Waals surface area contributed by atoms with Crippen LogP contribution in [-0.4, -0.2) is 70.1 Å². The molecule has 4 aromatic rings. The molecule has 5 heterocycles. The van der Waals surface area contributed by atoms with Crippen molar-refractivity contribution in [3.05, 3.63) is 46.0 Å². The van der Waals surface area contributed by atoms with Crippen LogP contribution in [0.2, 0.25) is 0 Å². The summed E-state index contributed by atoms with van der Waals surface area (Å²) in [5.41, 5.74) is 4.15. The Labute approximate surface area is 262 Å². The molecule has 0 unspecified atom stereocenters. The second-order valence-corrected chi connectivity index (χ2v) is 13.6. The first-order chi connectivity index (χ1) is 21.3. The number of aromatic nitrogens is 3. The number of hydrogen-bond donors (Lipinski definition) is 2. The molecule has 230 valence electrons. The van der Waals surface area contributed by atoms with Crippen molar-refractivity contribution >= 4 is 44.2 Å². The summed E-state index contributed by atoms with van der Waals surface area (Å²) >= 11 is 1.37. The number of likely N-dealkylation sites (tertiary alicyclic amines) is 2. The highest BCUT2D eigenvalue weighted by atomic mass is 32.1. The number of thiophene rings is 1. The molecule has 0 radical (unpaired) electrons. The quantitative estimate of drug-likeness (QED) is 0.235. The second-order valence-electron chi connectivity index (χ2n) is 12.5. The van der Waals surface area contributed by atoms with Gasteiger partial charge in [0.25, 0.3) is 0 Å². The van der Waals surface area contributed by atoms with E-state index in [2.05, 4.69) is 73.1 Å². The lowest BCUT2D eigenvalue weighted by Gasteiger charge is -2.35. The van der Waals surface area contributed by atoms with E-state index in [9.17, 15) is 14.9 Å². The van der Waals surface area contributed by atoms with E-state index in [1.165, 1.54) is 22.5 Å². The Hall–Kier alpha value is -3.77. The summed E-state index contributed by atoms with van der Waals surface area (Å²) in [5.74, 6) is 1.31. The lowest BCUT2D eigenvalue weighted by atomic mass is 9.82. The van der Waals surface area contributed by atoms with Crippen LogP contribution in [0.25, 0.3) is 21.1 Å². The van der Waals surface area contributed by atoms with E-state index in [1.54, 1.807) is 7.05 Å². The summed E-state index contributed by atoms with van der Waals surface area (Å²) in [6.45, 7) is 10.0. The summed E-state index contributed by atoms with van der Waals surface area (Å²) in [5, 5.41) is 28.1. The topological polar surface area (TPSA) is 109 Å². The minimum Gasteiger partial charge on any atom is -0.367 e. The van der Waals surface area contributed by atoms with Gasteiger partial charge in [0.1, 0.15) is 29.1 Å². The molecular formula is C33H40FN9S. The first-order valence-electron chi connectivity index (χ1n) is 15.5. The molecule has 2 N–H and O–H groups in total. The summed E-state index contributed by atoms with van der Waals surface area (Å²) in [6.07, 6.45) is 3.77. The van der Waals surface area contributed by atoms with E-state index in [1.807, 2.05) is 12.1 Å². The van der Waals surface area contributed by atoms with Crippen LogP contribution in [0.5, 0.6) is 0 Å². The molecule has 44 heavy (non-hydrogen) atoms. The highest BCUT2D eigenvalue weighted by molar-refractivity contribution is 7.18. The minimum absolute atomic E-state index is 0.209. The first-order valence-corrected chi connectivity index (χ1v) is 16.3. The van der Waals surface area contributed by atoms with E-state index in [0.29, 0.717) is 16.5 Å². The van der Waals surface area contributed by atoms with Gasteiger partial charge in [0.2, 0.25) is 5.95 Å². The van der Waals surface area contributed by atoms with Gasteiger partial charge in [-0.05, 0) is 81.9 Å². The predicted octanol–water partition coefficient (Wildman–Crippen LogP) is 6.04. The number of fused-ring (bicyclic) bond motifs is 2. The molecule has 11 heteroatoms. The predicted molar refractivity (Wildman–Crippen MR) is 174 cm³/mol. The van der Waals surface area contributed by atoms with Gasteiger partial charge in [-0.3, -0.25) is 4.90 Å². The van der Waals surface area contributed by atoms with E-state index in [4.69, 9.17) is 0 Å². The zero-order chi connectivity index (χ0) is 30.8. The van der Waals surface area contributed by atoms with E-state index < -0.39 is 6.67 Å². The van der Waals surface area contributed by atoms with Gasteiger partial charge in [0.15, 0.2) is 0 Å². The maximum absolute atomic E-state index is 13.3. The maximum Gasteiger partial charge on any atom is 0.225 e. The normalized spacial score (nSPS) is 18.0. The molecule has 6 rings (SSSR count). The van der Waals surface area contributed by atoms with Crippen molar-refractivity contribution < 1.29 is 4.39 Å². The fourth-order valence-electron chi connectivity index (χ4n) is 6.58. The standard InChI is InChI=1S/C33H40FN9S/c1-22-23(4-5-29-27(22)16-25(19-35)43(29)15-14-41-12-8-33(2,21-36)9-13-41)20-42-10-6-24(7-11-42)38-30-28-17-26(18-34)44-31(28)40-32(37-3)39-30/h4-5,16-17,24H,6-15,18,20H2,1-3H3,(H2,37,38,39,40). The first kappa shape index (κ1) is 30.3. The van der Waals surface area contributed by atoms with Crippen LogP contribution in [0.1, 0.15) is 54.3 Å². The highest BCUT2D eigenvalue weighted by Crippen LogP contribution is 2.33. The number of nitriles is 2. The van der Waals surface area contributed by atoms with E-state index in [0.717, 1.165) is 98.4 Å². The lowest BCUT2D eigenvalue weighted by molar-refractivity contribution is 0.153. The van der Waals surface area contributed by atoms with Crippen molar-refractivity contribution in [2.75, 3.05) is 50.4 Å². The number of aryl methyl sites for hydroxylation is 1. The lowest BCUT2D eigenvalue weighted by Crippen LogP contribution is -2.39. The Morgan fingerprint density at radius 1 is 1.05 bits per heavy atom. The van der Waals surface area contributed by atoms with Crippen molar-refractivity contribution in [2.24, 2.45) is 5.41 Å². The molecule has 2 saturated heterocycles. The van der Waals surface area contributed by atoms with Crippen LogP contribution in [-0.2, 0) is 19.8 Å². The van der Waals surface area contributed by atoms with Crippen LogP contribution >= 0.6 is 11.3 Å². The molecule has 0 amide bonds. The van der Waals surface area contributed by atoms with E-state index >= 15 is 0 Å². The zero-order valence-corrected chi connectivity index (χ0v) is 26.6. The van der Waals surface area contributed by atoms with Crippen LogP contribution in [0.3, 0.4) is 0 Å². The Balaban J connectivity index is 1.09. The second kappa shape index (κ2) is 12.7. The monoisotopic (exact) mass is 613 g/mol. The number of nitrogens with one attached hydrogen (secondary N) is 2. The smallest absolute Gasteiger partial charge is 0.225 e. The average Bonchev–Trinajstić information content (AvgIpc) is 3.64. The van der Waals surface area contributed by atoms with Gasteiger partial charge in [0, 0.05) is 61.6 Å². The minimum atomic E-state index is -0.496. The van der Waals surface area contributed by atoms with Crippen molar-refractivity contribution in [1.29, 1.82) is 10.5 Å². The number of halogens is 1. The van der Waals surface area contributed by atoms with Crippen molar-refractivity contribution in [3.8, 4) is 12.1 Å². The number of nitrogens with zero attached hydrogens (tertiary/aromatic N) is 7. The van der Waals surface area contributed by atoms with Crippen molar-refractivity contribution in [1.82, 2.24) is 24.3 Å². The molecule has 2 fully saturated rings. The molecule has 2 aliphatic heterocycles. The largest absolute Gasteiger partial charge is 0.367 e. The average molecular weight is 614 g/mol. The van der Waals surface area contributed by atoms with Crippen LogP contribution in [0.15, 0.2) is 24.3 Å². The zero-order valence-electron chi connectivity index (χ0n) is 25.8. The number of benzene rings is 1.